The van der Waals surface area contributed by atoms with Crippen molar-refractivity contribution in [1.82, 2.24) is 9.80 Å². The van der Waals surface area contributed by atoms with Crippen molar-refractivity contribution in [1.29, 1.82) is 0 Å². The molecule has 10 heteroatoms. The second-order valence-corrected chi connectivity index (χ2v) is 18.2. The van der Waals surface area contributed by atoms with Gasteiger partial charge in [-0.1, -0.05) is 154 Å². The number of carbonyl (C=O) groups is 6. The van der Waals surface area contributed by atoms with Crippen LogP contribution in [-0.2, 0) is 19.1 Å². The summed E-state index contributed by atoms with van der Waals surface area (Å²) in [5, 5.41) is 5.50. The fourth-order valence-electron chi connectivity index (χ4n) is 9.99. The zero-order chi connectivity index (χ0) is 45.3. The Morgan fingerprint density at radius 2 is 0.641 bits per heavy atom. The molecule has 0 unspecified atom stereocenters. The average Bonchev–Trinajstić information content (AvgIpc) is 3.30. The molecule has 10 nitrogen and oxygen atoms in total. The molecule has 340 valence electrons. The molecule has 0 fully saturated rings. The number of hydrogen-bond acceptors (Lipinski definition) is 8. The number of unbranched alkanes of at least 4 members (excludes halogenated alkanes) is 18. The van der Waals surface area contributed by atoms with Gasteiger partial charge in [-0.2, -0.15) is 0 Å². The predicted octanol–water partition coefficient (Wildman–Crippen LogP) is 12.6. The van der Waals surface area contributed by atoms with Gasteiger partial charge in [0.1, 0.15) is 12.1 Å². The van der Waals surface area contributed by atoms with Crippen LogP contribution in [-0.4, -0.2) is 70.7 Å². The normalized spacial score (nSPS) is 14.8. The monoisotopic (exact) mass is 870 g/mol. The van der Waals surface area contributed by atoms with Crippen LogP contribution in [0.3, 0.4) is 0 Å². The number of ether oxygens (including phenoxy) is 2. The standard InChI is InChI=1S/C54H66N2O8/c1-5-7-9-11-13-15-17-19-21-23-33-63-53(61)35(3)55-49(57)41-29-25-37-39-27-31-43-48-44(32-28-40(46(39)48)38-26-30-42(50(55)58)47(41)45(37)38)52(60)56(51(43)59)36(4)54(62)64-34-24-22-20-18-16-14-12-10-8-6-2/h25-32,35-36H,5-24,33-34H2,1-4H3/t35-,36-/m0/s1. The molecule has 7 rings (SSSR count). The van der Waals surface area contributed by atoms with Gasteiger partial charge in [-0.3, -0.25) is 29.0 Å². The van der Waals surface area contributed by atoms with Crippen LogP contribution < -0.4 is 0 Å². The van der Waals surface area contributed by atoms with E-state index >= 15 is 0 Å². The Labute approximate surface area is 377 Å². The van der Waals surface area contributed by atoms with E-state index in [2.05, 4.69) is 13.8 Å². The summed E-state index contributed by atoms with van der Waals surface area (Å²) in [5.74, 6) is -3.47. The van der Waals surface area contributed by atoms with E-state index in [9.17, 15) is 28.8 Å². The molecule has 4 amide bonds. The van der Waals surface area contributed by atoms with Gasteiger partial charge in [-0.05, 0) is 83.3 Å². The molecule has 2 aliphatic rings. The first-order chi connectivity index (χ1) is 31.1. The highest BCUT2D eigenvalue weighted by molar-refractivity contribution is 6.41. The number of fused-ring (bicyclic) bond motifs is 2. The van der Waals surface area contributed by atoms with E-state index in [1.54, 1.807) is 24.3 Å². The minimum absolute atomic E-state index is 0.240. The summed E-state index contributed by atoms with van der Waals surface area (Å²) in [6, 6.07) is 11.9. The third-order valence-corrected chi connectivity index (χ3v) is 13.6. The molecule has 2 aliphatic heterocycles. The third kappa shape index (κ3) is 9.38. The third-order valence-electron chi connectivity index (χ3n) is 13.6. The van der Waals surface area contributed by atoms with Crippen molar-refractivity contribution in [3.63, 3.8) is 0 Å². The molecule has 0 spiro atoms. The molecule has 5 aromatic rings. The quantitative estimate of drug-likeness (QED) is 0.0177. The minimum atomic E-state index is -1.11. The molecule has 0 aliphatic carbocycles. The van der Waals surface area contributed by atoms with Crippen LogP contribution in [0.2, 0.25) is 0 Å². The van der Waals surface area contributed by atoms with Crippen LogP contribution >= 0.6 is 0 Å². The van der Waals surface area contributed by atoms with Gasteiger partial charge >= 0.3 is 11.9 Å². The second kappa shape index (κ2) is 21.5. The van der Waals surface area contributed by atoms with E-state index in [1.807, 2.05) is 24.3 Å². The molecule has 2 heterocycles. The lowest BCUT2D eigenvalue weighted by Gasteiger charge is -2.32. The molecule has 0 saturated heterocycles. The molecule has 64 heavy (non-hydrogen) atoms. The fraction of sp³-hybridized carbons (Fsp3) is 0.519. The Morgan fingerprint density at radius 1 is 0.391 bits per heavy atom. The first kappa shape index (κ1) is 46.6. The molecule has 0 radical (unpaired) electrons. The number of amides is 4. The van der Waals surface area contributed by atoms with Gasteiger partial charge in [-0.15, -0.1) is 0 Å². The molecular formula is C54H66N2O8. The summed E-state index contributed by atoms with van der Waals surface area (Å²) in [6.07, 6.45) is 23.1. The van der Waals surface area contributed by atoms with Crippen molar-refractivity contribution < 1.29 is 38.2 Å². The lowest BCUT2D eigenvalue weighted by Crippen LogP contribution is -2.49. The summed E-state index contributed by atoms with van der Waals surface area (Å²) >= 11 is 0. The van der Waals surface area contributed by atoms with Gasteiger partial charge in [0.15, 0.2) is 0 Å². The summed E-state index contributed by atoms with van der Waals surface area (Å²) in [7, 11) is 0. The van der Waals surface area contributed by atoms with Crippen LogP contribution in [0.15, 0.2) is 48.5 Å². The first-order valence-corrected chi connectivity index (χ1v) is 24.4. The summed E-state index contributed by atoms with van der Waals surface area (Å²) in [5.41, 5.74) is 1.25. The lowest BCUT2D eigenvalue weighted by molar-refractivity contribution is -0.148. The molecule has 2 atom stereocenters. The van der Waals surface area contributed by atoms with Gasteiger partial charge in [0.2, 0.25) is 0 Å². The molecule has 0 N–H and O–H groups in total. The van der Waals surface area contributed by atoms with E-state index in [0.717, 1.165) is 80.6 Å². The van der Waals surface area contributed by atoms with E-state index in [0.29, 0.717) is 33.0 Å². The molecule has 0 saturated carbocycles. The Morgan fingerprint density at radius 3 is 0.906 bits per heavy atom. The first-order valence-electron chi connectivity index (χ1n) is 24.4. The van der Waals surface area contributed by atoms with Gasteiger partial charge in [-0.25, -0.2) is 9.59 Å². The number of benzene rings is 5. The maximum atomic E-state index is 14.2. The molecule has 5 aromatic carbocycles. The summed E-state index contributed by atoms with van der Waals surface area (Å²) in [6.45, 7) is 7.99. The maximum absolute atomic E-state index is 14.2. The largest absolute Gasteiger partial charge is 0.464 e. The van der Waals surface area contributed by atoms with E-state index < -0.39 is 47.7 Å². The lowest BCUT2D eigenvalue weighted by atomic mass is 9.82. The number of hydrogen-bond donors (Lipinski definition) is 0. The Balaban J connectivity index is 1.03. The zero-order valence-corrected chi connectivity index (χ0v) is 38.5. The van der Waals surface area contributed by atoms with Crippen molar-refractivity contribution in [2.24, 2.45) is 0 Å². The maximum Gasteiger partial charge on any atom is 0.329 e. The van der Waals surface area contributed by atoms with Crippen LogP contribution in [0.4, 0.5) is 0 Å². The van der Waals surface area contributed by atoms with Crippen molar-refractivity contribution in [3.8, 4) is 0 Å². The Kier molecular flexibility index (Phi) is 15.7. The number of esters is 2. The second-order valence-electron chi connectivity index (χ2n) is 18.2. The highest BCUT2D eigenvalue weighted by Gasteiger charge is 2.42. The molecular weight excluding hydrogens is 805 g/mol. The topological polar surface area (TPSA) is 127 Å². The van der Waals surface area contributed by atoms with Crippen LogP contribution in [0.25, 0.3) is 43.1 Å². The Hall–Kier alpha value is -5.38. The van der Waals surface area contributed by atoms with Crippen LogP contribution in [0.1, 0.15) is 198 Å². The van der Waals surface area contributed by atoms with Gasteiger partial charge < -0.3 is 9.47 Å². The molecule has 0 aromatic heterocycles. The number of imide groups is 2. The number of rotatable bonds is 26. The summed E-state index contributed by atoms with van der Waals surface area (Å²) < 4.78 is 11.2. The Bertz CT molecular complexity index is 2230. The SMILES string of the molecule is CCCCCCCCCCCCOC(=O)[C@H](C)N1C(=O)c2ccc3c4ccc5c6c(ccc(c7ccc(c2c37)C1=O)c64)C(=O)N([C@@H](C)C(=O)OCCCCCCCCCCCC)C5=O. The van der Waals surface area contributed by atoms with Crippen LogP contribution in [0, 0.1) is 0 Å². The van der Waals surface area contributed by atoms with Crippen molar-refractivity contribution in [2.75, 3.05) is 13.2 Å². The van der Waals surface area contributed by atoms with Crippen molar-refractivity contribution in [2.45, 2.75) is 168 Å². The van der Waals surface area contributed by atoms with Gasteiger partial charge in [0, 0.05) is 33.0 Å². The molecule has 0 bridgehead atoms. The van der Waals surface area contributed by atoms with E-state index in [1.165, 1.54) is 104 Å². The predicted molar refractivity (Wildman–Crippen MR) is 253 cm³/mol. The number of carbonyl (C=O) groups excluding carboxylic acids is 6. The average molecular weight is 871 g/mol. The van der Waals surface area contributed by atoms with Gasteiger partial charge in [0.05, 0.1) is 13.2 Å². The van der Waals surface area contributed by atoms with Gasteiger partial charge in [0.25, 0.3) is 23.6 Å². The zero-order valence-electron chi connectivity index (χ0n) is 38.5. The van der Waals surface area contributed by atoms with E-state index in [-0.39, 0.29) is 13.2 Å². The fourth-order valence-corrected chi connectivity index (χ4v) is 9.99. The number of nitrogens with zero attached hydrogens (tertiary/aromatic N) is 2. The van der Waals surface area contributed by atoms with E-state index in [4.69, 9.17) is 9.47 Å². The van der Waals surface area contributed by atoms with Crippen molar-refractivity contribution in [3.05, 3.63) is 70.8 Å². The highest BCUT2D eigenvalue weighted by atomic mass is 16.5. The highest BCUT2D eigenvalue weighted by Crippen LogP contribution is 2.46. The smallest absolute Gasteiger partial charge is 0.329 e. The summed E-state index contributed by atoms with van der Waals surface area (Å²) in [4.78, 5) is 85.2. The van der Waals surface area contributed by atoms with Crippen LogP contribution in [0.5, 0.6) is 0 Å². The minimum Gasteiger partial charge on any atom is -0.464 e. The van der Waals surface area contributed by atoms with Crippen molar-refractivity contribution >= 4 is 78.7 Å².